The lowest BCUT2D eigenvalue weighted by atomic mass is 9.73. The van der Waals surface area contributed by atoms with Crippen LogP contribution in [0.15, 0.2) is 48.5 Å². The van der Waals surface area contributed by atoms with Gasteiger partial charge < -0.3 is 10.0 Å². The van der Waals surface area contributed by atoms with Crippen LogP contribution in [-0.2, 0) is 4.79 Å². The first kappa shape index (κ1) is 16.7. The van der Waals surface area contributed by atoms with Crippen molar-refractivity contribution in [1.29, 1.82) is 5.26 Å². The zero-order valence-corrected chi connectivity index (χ0v) is 14.2. The summed E-state index contributed by atoms with van der Waals surface area (Å²) < 4.78 is 14.3. The molecule has 1 heterocycles. The molecule has 2 aliphatic rings. The Morgan fingerprint density at radius 3 is 2.42 bits per heavy atom. The molecule has 5 heteroatoms. The lowest BCUT2D eigenvalue weighted by Crippen LogP contribution is -2.65. The minimum atomic E-state index is -0.631. The minimum absolute atomic E-state index is 0.0114. The van der Waals surface area contributed by atoms with Crippen LogP contribution in [0, 0.1) is 23.1 Å². The van der Waals surface area contributed by atoms with E-state index in [9.17, 15) is 19.6 Å². The van der Waals surface area contributed by atoms with Crippen LogP contribution < -0.4 is 0 Å². The molecular formula is C21H19FN2O2. The lowest BCUT2D eigenvalue weighted by molar-refractivity contribution is -0.148. The van der Waals surface area contributed by atoms with E-state index in [1.165, 1.54) is 11.0 Å². The van der Waals surface area contributed by atoms with Gasteiger partial charge in [0.2, 0.25) is 5.91 Å². The number of likely N-dealkylation sites (tertiary alicyclic amines) is 1. The number of benzene rings is 2. The summed E-state index contributed by atoms with van der Waals surface area (Å²) in [5.41, 5.74) is 1.96. The molecule has 2 fully saturated rings. The Bertz CT molecular complexity index is 888. The van der Waals surface area contributed by atoms with Crippen molar-refractivity contribution in [2.24, 2.45) is 5.92 Å². The molecule has 0 aromatic heterocycles. The van der Waals surface area contributed by atoms with Crippen LogP contribution in [0.5, 0.6) is 0 Å². The summed E-state index contributed by atoms with van der Waals surface area (Å²) in [5.74, 6) is -0.722. The van der Waals surface area contributed by atoms with Crippen molar-refractivity contribution in [1.82, 2.24) is 4.90 Å². The topological polar surface area (TPSA) is 64.3 Å². The maximum absolute atomic E-state index is 14.3. The first-order chi connectivity index (χ1) is 12.7. The maximum atomic E-state index is 14.3. The van der Waals surface area contributed by atoms with Gasteiger partial charge in [-0.3, -0.25) is 4.79 Å². The number of carbonyl (C=O) groups excluding carboxylic acids is 1. The third-order valence-electron chi connectivity index (χ3n) is 5.40. The molecule has 0 unspecified atom stereocenters. The second kappa shape index (κ2) is 6.54. The molecule has 4 rings (SSSR count). The SMILES string of the molecule is N#C[C@@H]1[C@H](c2ccccc2-c2ccccc2F)[C@@H](CO)N1C(=O)C1CC1. The number of carbonyl (C=O) groups is 1. The van der Waals surface area contributed by atoms with Gasteiger partial charge in [0.15, 0.2) is 0 Å². The molecule has 1 saturated heterocycles. The maximum Gasteiger partial charge on any atom is 0.227 e. The van der Waals surface area contributed by atoms with E-state index in [0.717, 1.165) is 18.4 Å². The summed E-state index contributed by atoms with van der Waals surface area (Å²) in [5, 5.41) is 19.6. The van der Waals surface area contributed by atoms with Crippen molar-refractivity contribution < 1.29 is 14.3 Å². The van der Waals surface area contributed by atoms with Gasteiger partial charge in [-0.15, -0.1) is 0 Å². The Labute approximate surface area is 151 Å². The number of rotatable bonds is 4. The predicted octanol–water partition coefficient (Wildman–Crippen LogP) is 3.08. The van der Waals surface area contributed by atoms with Gasteiger partial charge >= 0.3 is 0 Å². The van der Waals surface area contributed by atoms with Crippen LogP contribution in [0.2, 0.25) is 0 Å². The second-order valence-electron chi connectivity index (χ2n) is 6.94. The molecule has 1 aliphatic heterocycles. The van der Waals surface area contributed by atoms with E-state index < -0.39 is 12.1 Å². The highest BCUT2D eigenvalue weighted by Crippen LogP contribution is 2.46. The van der Waals surface area contributed by atoms with Gasteiger partial charge in [-0.2, -0.15) is 5.26 Å². The van der Waals surface area contributed by atoms with Crippen LogP contribution in [0.1, 0.15) is 24.3 Å². The summed E-state index contributed by atoms with van der Waals surface area (Å²) in [7, 11) is 0. The van der Waals surface area contributed by atoms with Gasteiger partial charge in [-0.25, -0.2) is 4.39 Å². The van der Waals surface area contributed by atoms with Crippen molar-refractivity contribution in [2.45, 2.75) is 30.8 Å². The van der Waals surface area contributed by atoms with Crippen molar-refractivity contribution in [3.8, 4) is 17.2 Å². The molecule has 132 valence electrons. The van der Waals surface area contributed by atoms with Gasteiger partial charge in [0, 0.05) is 17.4 Å². The number of hydrogen-bond donors (Lipinski definition) is 1. The van der Waals surface area contributed by atoms with E-state index in [1.807, 2.05) is 24.3 Å². The van der Waals surface area contributed by atoms with Crippen molar-refractivity contribution in [2.75, 3.05) is 6.61 Å². The Morgan fingerprint density at radius 1 is 1.15 bits per heavy atom. The molecule has 2 aromatic rings. The van der Waals surface area contributed by atoms with Crippen LogP contribution in [-0.4, -0.2) is 34.6 Å². The number of halogens is 1. The molecule has 4 nitrogen and oxygen atoms in total. The van der Waals surface area contributed by atoms with Crippen LogP contribution in [0.3, 0.4) is 0 Å². The van der Waals surface area contributed by atoms with Crippen molar-refractivity contribution in [3.05, 3.63) is 59.9 Å². The molecule has 1 N–H and O–H groups in total. The van der Waals surface area contributed by atoms with Crippen LogP contribution >= 0.6 is 0 Å². The Balaban J connectivity index is 1.75. The summed E-state index contributed by atoms with van der Waals surface area (Å²) in [6.45, 7) is -0.215. The van der Waals surface area contributed by atoms with E-state index in [0.29, 0.717) is 11.1 Å². The van der Waals surface area contributed by atoms with Crippen LogP contribution in [0.25, 0.3) is 11.1 Å². The zero-order chi connectivity index (χ0) is 18.3. The molecule has 2 aromatic carbocycles. The number of aliphatic hydroxyl groups is 1. The number of nitriles is 1. The molecule has 0 radical (unpaired) electrons. The standard InChI is InChI=1S/C21H19FN2O2/c22-17-8-4-3-6-15(17)14-5-1-2-7-16(14)20-18(11-23)24(19(20)12-25)21(26)13-9-10-13/h1-8,13,18-20,25H,9-10,12H2/t18-,19-,20+/m1/s1. The van der Waals surface area contributed by atoms with E-state index >= 15 is 0 Å². The molecule has 3 atom stereocenters. The largest absolute Gasteiger partial charge is 0.394 e. The first-order valence-electron chi connectivity index (χ1n) is 8.84. The fraction of sp³-hybridized carbons (Fsp3) is 0.333. The first-order valence-corrected chi connectivity index (χ1v) is 8.84. The fourth-order valence-corrected chi connectivity index (χ4v) is 3.94. The number of nitrogens with zero attached hydrogens (tertiary/aromatic N) is 2. The van der Waals surface area contributed by atoms with Crippen LogP contribution in [0.4, 0.5) is 4.39 Å². The smallest absolute Gasteiger partial charge is 0.227 e. The highest BCUT2D eigenvalue weighted by Gasteiger charge is 2.54. The molecule has 0 bridgehead atoms. The number of aliphatic hydroxyl groups excluding tert-OH is 1. The Morgan fingerprint density at radius 2 is 1.81 bits per heavy atom. The summed E-state index contributed by atoms with van der Waals surface area (Å²) in [6.07, 6.45) is 1.70. The second-order valence-corrected chi connectivity index (χ2v) is 6.94. The van der Waals surface area contributed by atoms with E-state index in [-0.39, 0.29) is 30.2 Å². The van der Waals surface area contributed by atoms with E-state index in [4.69, 9.17) is 0 Å². The van der Waals surface area contributed by atoms with E-state index in [2.05, 4.69) is 6.07 Å². The van der Waals surface area contributed by atoms with Crippen molar-refractivity contribution >= 4 is 5.91 Å². The lowest BCUT2D eigenvalue weighted by Gasteiger charge is -2.52. The quantitative estimate of drug-likeness (QED) is 0.922. The Kier molecular flexibility index (Phi) is 4.21. The van der Waals surface area contributed by atoms with Gasteiger partial charge in [0.25, 0.3) is 0 Å². The Hall–Kier alpha value is -2.71. The monoisotopic (exact) mass is 350 g/mol. The van der Waals surface area contributed by atoms with E-state index in [1.54, 1.807) is 18.2 Å². The fourth-order valence-electron chi connectivity index (χ4n) is 3.94. The molecule has 1 aliphatic carbocycles. The molecule has 0 spiro atoms. The summed E-state index contributed by atoms with van der Waals surface area (Å²) in [6, 6.07) is 15.0. The van der Waals surface area contributed by atoms with Gasteiger partial charge in [-0.05, 0) is 30.0 Å². The minimum Gasteiger partial charge on any atom is -0.394 e. The normalized spacial score (nSPS) is 24.7. The summed E-state index contributed by atoms with van der Waals surface area (Å²) in [4.78, 5) is 14.0. The molecule has 1 amide bonds. The van der Waals surface area contributed by atoms with Gasteiger partial charge in [-0.1, -0.05) is 42.5 Å². The third kappa shape index (κ3) is 2.58. The average molecular weight is 350 g/mol. The number of amides is 1. The summed E-state index contributed by atoms with van der Waals surface area (Å²) >= 11 is 0. The molecule has 1 saturated carbocycles. The molecular weight excluding hydrogens is 331 g/mol. The highest BCUT2D eigenvalue weighted by atomic mass is 19.1. The van der Waals surface area contributed by atoms with Gasteiger partial charge in [0.05, 0.1) is 18.7 Å². The molecule has 26 heavy (non-hydrogen) atoms. The average Bonchev–Trinajstić information content (AvgIpc) is 3.48. The van der Waals surface area contributed by atoms with Gasteiger partial charge in [0.1, 0.15) is 11.9 Å². The zero-order valence-electron chi connectivity index (χ0n) is 14.2. The highest BCUT2D eigenvalue weighted by molar-refractivity contribution is 5.84. The predicted molar refractivity (Wildman–Crippen MR) is 94.4 cm³/mol. The van der Waals surface area contributed by atoms with Crippen molar-refractivity contribution in [3.63, 3.8) is 0 Å². The third-order valence-corrected chi connectivity index (χ3v) is 5.40. The number of hydrogen-bond acceptors (Lipinski definition) is 3.